The summed E-state index contributed by atoms with van der Waals surface area (Å²) in [6, 6.07) is 24.8. The Hall–Kier alpha value is -3.54. The SMILES string of the molecule is COc1ccc2c(c1)O[B-]1(c3ccccc3)OC(=O)[C@H](Cc3ccccc3)[N+]1=C2. The minimum absolute atomic E-state index is 0.284. The van der Waals surface area contributed by atoms with Crippen molar-refractivity contribution in [3.8, 4) is 11.5 Å². The zero-order valence-electron chi connectivity index (χ0n) is 16.0. The van der Waals surface area contributed by atoms with Crippen LogP contribution in [0.3, 0.4) is 0 Å². The zero-order chi connectivity index (χ0) is 19.8. The highest BCUT2D eigenvalue weighted by molar-refractivity contribution is 6.77. The Morgan fingerprint density at radius 1 is 0.966 bits per heavy atom. The minimum Gasteiger partial charge on any atom is -0.618 e. The van der Waals surface area contributed by atoms with Gasteiger partial charge >= 0.3 is 12.7 Å². The molecule has 3 aromatic rings. The van der Waals surface area contributed by atoms with Crippen LogP contribution in [0.5, 0.6) is 11.5 Å². The summed E-state index contributed by atoms with van der Waals surface area (Å²) in [5.41, 5.74) is 2.78. The van der Waals surface area contributed by atoms with Crippen LogP contribution < -0.4 is 14.9 Å². The Morgan fingerprint density at radius 3 is 2.41 bits per heavy atom. The standard InChI is InChI=1S/C23H20BNO4/c1-27-20-13-12-18-16-25-21(14-17-8-4-2-5-9-17)23(26)29-24(25,28-22(18)15-20)19-10-6-3-7-11-19/h2-13,15-16,21H,14H2,1H3/t21-,24?/m0/s1. The van der Waals surface area contributed by atoms with Crippen LogP contribution in [0.25, 0.3) is 0 Å². The molecule has 0 aliphatic carbocycles. The Balaban J connectivity index is 1.65. The van der Waals surface area contributed by atoms with Crippen molar-refractivity contribution in [2.24, 2.45) is 0 Å². The Morgan fingerprint density at radius 2 is 1.69 bits per heavy atom. The number of carbonyl (C=O) groups excluding carboxylic acids is 1. The molecule has 1 fully saturated rings. The molecule has 1 saturated heterocycles. The van der Waals surface area contributed by atoms with Gasteiger partial charge in [-0.25, -0.2) is 4.79 Å². The van der Waals surface area contributed by atoms with Gasteiger partial charge in [0.15, 0.2) is 0 Å². The van der Waals surface area contributed by atoms with Gasteiger partial charge in [-0.15, -0.1) is 0 Å². The highest BCUT2D eigenvalue weighted by Crippen LogP contribution is 2.34. The van der Waals surface area contributed by atoms with Gasteiger partial charge in [-0.3, -0.25) is 0 Å². The van der Waals surface area contributed by atoms with E-state index in [0.29, 0.717) is 17.9 Å². The summed E-state index contributed by atoms with van der Waals surface area (Å²) in [5.74, 6) is 1.04. The first-order chi connectivity index (χ1) is 14.2. The third-order valence-electron chi connectivity index (χ3n) is 5.59. The molecule has 0 aromatic heterocycles. The molecule has 2 heterocycles. The van der Waals surface area contributed by atoms with E-state index in [1.54, 1.807) is 7.11 Å². The molecule has 1 unspecified atom stereocenters. The minimum atomic E-state index is -2.18. The van der Waals surface area contributed by atoms with Crippen LogP contribution in [-0.2, 0) is 15.9 Å². The molecule has 2 aliphatic heterocycles. The largest absolute Gasteiger partial charge is 0.682 e. The summed E-state index contributed by atoms with van der Waals surface area (Å²) in [4.78, 5) is 13.0. The second kappa shape index (κ2) is 6.81. The monoisotopic (exact) mass is 385 g/mol. The molecule has 3 aromatic carbocycles. The normalized spacial score (nSPS) is 22.0. The highest BCUT2D eigenvalue weighted by Gasteiger charge is 2.61. The highest BCUT2D eigenvalue weighted by atomic mass is 16.7. The maximum Gasteiger partial charge on any atom is 0.682 e. The molecule has 0 radical (unpaired) electrons. The maximum absolute atomic E-state index is 13.0. The van der Waals surface area contributed by atoms with Crippen LogP contribution in [0, 0.1) is 0 Å². The van der Waals surface area contributed by atoms with E-state index >= 15 is 0 Å². The first-order valence-corrected chi connectivity index (χ1v) is 9.66. The van der Waals surface area contributed by atoms with Crippen molar-refractivity contribution in [1.29, 1.82) is 0 Å². The number of hydrogen-bond donors (Lipinski definition) is 0. The van der Waals surface area contributed by atoms with Gasteiger partial charge in [0, 0.05) is 12.5 Å². The quantitative estimate of drug-likeness (QED) is 0.648. The summed E-state index contributed by atoms with van der Waals surface area (Å²) < 4.78 is 19.8. The molecule has 2 atom stereocenters. The predicted molar refractivity (Wildman–Crippen MR) is 111 cm³/mol. The number of nitrogens with zero attached hydrogens (tertiary/aromatic N) is 1. The molecule has 6 heteroatoms. The predicted octanol–water partition coefficient (Wildman–Crippen LogP) is 2.53. The molecule has 5 rings (SSSR count). The summed E-state index contributed by atoms with van der Waals surface area (Å²) in [7, 11) is 1.62. The van der Waals surface area contributed by atoms with Crippen LogP contribution in [-0.4, -0.2) is 36.5 Å². The molecule has 29 heavy (non-hydrogen) atoms. The molecule has 0 N–H and O–H groups in total. The van der Waals surface area contributed by atoms with Gasteiger partial charge < -0.3 is 18.5 Å². The van der Waals surface area contributed by atoms with Gasteiger partial charge in [0.2, 0.25) is 6.04 Å². The Bertz CT molecular complexity index is 1100. The van der Waals surface area contributed by atoms with Crippen molar-refractivity contribution in [3.05, 3.63) is 90.0 Å². The van der Waals surface area contributed by atoms with Crippen LogP contribution in [0.1, 0.15) is 11.1 Å². The number of rotatable bonds is 4. The summed E-state index contributed by atoms with van der Waals surface area (Å²) in [6.07, 6.45) is 2.52. The first-order valence-electron chi connectivity index (χ1n) is 9.66. The second-order valence-electron chi connectivity index (χ2n) is 7.32. The lowest BCUT2D eigenvalue weighted by atomic mass is 9.62. The Labute approximate surface area is 169 Å². The fourth-order valence-corrected chi connectivity index (χ4v) is 4.14. The summed E-state index contributed by atoms with van der Waals surface area (Å²) in [6.45, 7) is -2.18. The van der Waals surface area contributed by atoms with E-state index in [9.17, 15) is 4.79 Å². The topological polar surface area (TPSA) is 47.8 Å². The third kappa shape index (κ3) is 2.88. The fraction of sp³-hybridized carbons (Fsp3) is 0.130. The van der Waals surface area contributed by atoms with Crippen LogP contribution >= 0.6 is 0 Å². The second-order valence-corrected chi connectivity index (χ2v) is 7.32. The first kappa shape index (κ1) is 17.6. The van der Waals surface area contributed by atoms with Crippen molar-refractivity contribution in [2.75, 3.05) is 7.11 Å². The van der Waals surface area contributed by atoms with Crippen molar-refractivity contribution in [2.45, 2.75) is 12.5 Å². The average Bonchev–Trinajstić information content (AvgIpc) is 3.04. The maximum atomic E-state index is 13.0. The van der Waals surface area contributed by atoms with Crippen molar-refractivity contribution < 1.29 is 23.3 Å². The van der Waals surface area contributed by atoms with Crippen LogP contribution in [0.4, 0.5) is 0 Å². The van der Waals surface area contributed by atoms with Gasteiger partial charge in [0.05, 0.1) is 18.4 Å². The number of methoxy groups -OCH3 is 1. The molecule has 144 valence electrons. The van der Waals surface area contributed by atoms with Gasteiger partial charge in [-0.05, 0) is 23.2 Å². The lowest BCUT2D eigenvalue weighted by molar-refractivity contribution is -0.432. The lowest BCUT2D eigenvalue weighted by Gasteiger charge is -2.35. The average molecular weight is 385 g/mol. The van der Waals surface area contributed by atoms with Crippen LogP contribution in [0.15, 0.2) is 78.9 Å². The molecular weight excluding hydrogens is 365 g/mol. The lowest BCUT2D eigenvalue weighted by Crippen LogP contribution is -2.64. The van der Waals surface area contributed by atoms with Crippen molar-refractivity contribution in [1.82, 2.24) is 0 Å². The zero-order valence-corrected chi connectivity index (χ0v) is 16.0. The fourth-order valence-electron chi connectivity index (χ4n) is 4.14. The van der Waals surface area contributed by atoms with Gasteiger partial charge in [0.25, 0.3) is 0 Å². The number of fused-ring (bicyclic) bond motifs is 2. The molecule has 0 spiro atoms. The van der Waals surface area contributed by atoms with E-state index < -0.39 is 12.7 Å². The molecule has 0 amide bonds. The third-order valence-corrected chi connectivity index (χ3v) is 5.59. The van der Waals surface area contributed by atoms with Crippen molar-refractivity contribution >= 4 is 24.3 Å². The Kier molecular flexibility index (Phi) is 4.12. The summed E-state index contributed by atoms with van der Waals surface area (Å²) in [5, 5.41) is 0. The van der Waals surface area contributed by atoms with Gasteiger partial charge in [-0.2, -0.15) is 0 Å². The number of carbonyl (C=O) groups is 1. The summed E-state index contributed by atoms with van der Waals surface area (Å²) >= 11 is 0. The number of ether oxygens (including phenoxy) is 1. The van der Waals surface area contributed by atoms with Gasteiger partial charge in [0.1, 0.15) is 12.0 Å². The molecule has 2 aliphatic rings. The molecule has 0 bridgehead atoms. The van der Waals surface area contributed by atoms with Gasteiger partial charge in [-0.1, -0.05) is 60.7 Å². The van der Waals surface area contributed by atoms with Crippen LogP contribution in [0.2, 0.25) is 0 Å². The molecular formula is C23H20BNO4. The van der Waals surface area contributed by atoms with E-state index in [4.69, 9.17) is 14.0 Å². The van der Waals surface area contributed by atoms with E-state index in [1.807, 2.05) is 89.6 Å². The van der Waals surface area contributed by atoms with E-state index in [0.717, 1.165) is 16.6 Å². The van der Waals surface area contributed by atoms with E-state index in [-0.39, 0.29) is 5.97 Å². The van der Waals surface area contributed by atoms with E-state index in [1.165, 1.54) is 0 Å². The molecule has 0 saturated carbocycles. The van der Waals surface area contributed by atoms with E-state index in [2.05, 4.69) is 0 Å². The number of benzene rings is 3. The number of hydrogen-bond acceptors (Lipinski definition) is 4. The molecule has 5 nitrogen and oxygen atoms in total. The van der Waals surface area contributed by atoms with Crippen molar-refractivity contribution in [3.63, 3.8) is 0 Å². The smallest absolute Gasteiger partial charge is 0.618 e.